The predicted molar refractivity (Wildman–Crippen MR) is 83.2 cm³/mol. The summed E-state index contributed by atoms with van der Waals surface area (Å²) in [4.78, 5) is 1.63. The highest BCUT2D eigenvalue weighted by molar-refractivity contribution is 9.10. The molecule has 6 nitrogen and oxygen atoms in total. The standard InChI is InChI=1S/C14H15BrN6/c1-16-13(14-11(15)8-17-20(14)2)12-9-18-21(19-12)10-6-4-3-5-7-10/h3-9,13,16H,1-2H3. The smallest absolute Gasteiger partial charge is 0.106 e. The van der Waals surface area contributed by atoms with Gasteiger partial charge in [0.15, 0.2) is 0 Å². The molecule has 2 aromatic heterocycles. The average molecular weight is 347 g/mol. The number of halogens is 1. The summed E-state index contributed by atoms with van der Waals surface area (Å²) in [5, 5.41) is 16.4. The van der Waals surface area contributed by atoms with Crippen molar-refractivity contribution < 1.29 is 0 Å². The summed E-state index contributed by atoms with van der Waals surface area (Å²) in [7, 11) is 3.80. The van der Waals surface area contributed by atoms with Gasteiger partial charge in [-0.1, -0.05) is 18.2 Å². The van der Waals surface area contributed by atoms with Crippen LogP contribution in [0.15, 0.2) is 47.2 Å². The van der Waals surface area contributed by atoms with Gasteiger partial charge in [0.2, 0.25) is 0 Å². The molecule has 0 aliphatic rings. The molecular formula is C14H15BrN6. The molecule has 1 unspecified atom stereocenters. The number of nitrogens with zero attached hydrogens (tertiary/aromatic N) is 5. The Morgan fingerprint density at radius 2 is 1.90 bits per heavy atom. The molecule has 0 bridgehead atoms. The Labute approximate surface area is 130 Å². The number of aromatic nitrogens is 5. The van der Waals surface area contributed by atoms with E-state index in [0.29, 0.717) is 0 Å². The maximum absolute atomic E-state index is 4.57. The molecule has 3 aromatic rings. The van der Waals surface area contributed by atoms with E-state index < -0.39 is 0 Å². The fourth-order valence-corrected chi connectivity index (χ4v) is 2.84. The summed E-state index contributed by atoms with van der Waals surface area (Å²) in [6.45, 7) is 0. The maximum Gasteiger partial charge on any atom is 0.106 e. The highest BCUT2D eigenvalue weighted by Crippen LogP contribution is 2.26. The third kappa shape index (κ3) is 2.62. The lowest BCUT2D eigenvalue weighted by Crippen LogP contribution is -2.21. The second kappa shape index (κ2) is 5.79. The molecule has 0 aliphatic heterocycles. The highest BCUT2D eigenvalue weighted by Gasteiger charge is 2.22. The van der Waals surface area contributed by atoms with E-state index in [1.54, 1.807) is 17.2 Å². The van der Waals surface area contributed by atoms with Crippen LogP contribution in [0.4, 0.5) is 0 Å². The lowest BCUT2D eigenvalue weighted by Gasteiger charge is -2.14. The Balaban J connectivity index is 1.98. The number of hydrogen-bond donors (Lipinski definition) is 1. The zero-order valence-electron chi connectivity index (χ0n) is 11.7. The van der Waals surface area contributed by atoms with Gasteiger partial charge in [-0.25, -0.2) is 0 Å². The minimum Gasteiger partial charge on any atom is -0.307 e. The third-order valence-electron chi connectivity index (χ3n) is 3.29. The number of hydrogen-bond acceptors (Lipinski definition) is 4. The summed E-state index contributed by atoms with van der Waals surface area (Å²) in [5.41, 5.74) is 2.78. The molecule has 0 saturated carbocycles. The van der Waals surface area contributed by atoms with Crippen LogP contribution in [0.1, 0.15) is 17.4 Å². The molecule has 0 saturated heterocycles. The summed E-state index contributed by atoms with van der Waals surface area (Å²) in [6, 6.07) is 9.76. The maximum atomic E-state index is 4.57. The highest BCUT2D eigenvalue weighted by atomic mass is 79.9. The van der Waals surface area contributed by atoms with Crippen molar-refractivity contribution in [1.29, 1.82) is 0 Å². The molecule has 1 aromatic carbocycles. The van der Waals surface area contributed by atoms with E-state index in [9.17, 15) is 0 Å². The fourth-order valence-electron chi connectivity index (χ4n) is 2.26. The van der Waals surface area contributed by atoms with Crippen molar-refractivity contribution >= 4 is 15.9 Å². The lowest BCUT2D eigenvalue weighted by atomic mass is 10.1. The van der Waals surface area contributed by atoms with Crippen molar-refractivity contribution in [2.24, 2.45) is 7.05 Å². The largest absolute Gasteiger partial charge is 0.307 e. The lowest BCUT2D eigenvalue weighted by molar-refractivity contribution is 0.585. The van der Waals surface area contributed by atoms with E-state index in [0.717, 1.165) is 21.5 Å². The van der Waals surface area contributed by atoms with E-state index >= 15 is 0 Å². The summed E-state index contributed by atoms with van der Waals surface area (Å²) < 4.78 is 2.77. The minimum absolute atomic E-state index is 0.0793. The summed E-state index contributed by atoms with van der Waals surface area (Å²) >= 11 is 3.53. The molecular weight excluding hydrogens is 332 g/mol. The quantitative estimate of drug-likeness (QED) is 0.785. The Hall–Kier alpha value is -1.99. The van der Waals surface area contributed by atoms with Crippen LogP contribution in [-0.2, 0) is 7.05 Å². The van der Waals surface area contributed by atoms with Gasteiger partial charge in [-0.15, -0.1) is 0 Å². The van der Waals surface area contributed by atoms with Crippen LogP contribution in [0.5, 0.6) is 0 Å². The predicted octanol–water partition coefficient (Wildman–Crippen LogP) is 2.07. The molecule has 0 radical (unpaired) electrons. The molecule has 3 rings (SSSR count). The molecule has 7 heteroatoms. The Kier molecular flexibility index (Phi) is 3.85. The fraction of sp³-hybridized carbons (Fsp3) is 0.214. The van der Waals surface area contributed by atoms with E-state index in [4.69, 9.17) is 0 Å². The van der Waals surface area contributed by atoms with Crippen LogP contribution in [0.2, 0.25) is 0 Å². The van der Waals surface area contributed by atoms with E-state index in [2.05, 4.69) is 36.5 Å². The summed E-state index contributed by atoms with van der Waals surface area (Å²) in [6.07, 6.45) is 3.55. The second-order valence-corrected chi connectivity index (χ2v) is 5.47. The number of rotatable bonds is 4. The van der Waals surface area contributed by atoms with Crippen molar-refractivity contribution in [2.75, 3.05) is 7.05 Å². The normalized spacial score (nSPS) is 12.5. The molecule has 2 heterocycles. The van der Waals surface area contributed by atoms with Crippen molar-refractivity contribution in [3.05, 3.63) is 58.6 Å². The van der Waals surface area contributed by atoms with Crippen molar-refractivity contribution in [2.45, 2.75) is 6.04 Å². The van der Waals surface area contributed by atoms with Gasteiger partial charge in [-0.3, -0.25) is 4.68 Å². The van der Waals surface area contributed by atoms with Gasteiger partial charge in [-0.05, 0) is 35.1 Å². The molecule has 1 N–H and O–H groups in total. The number of benzene rings is 1. The second-order valence-electron chi connectivity index (χ2n) is 4.62. The van der Waals surface area contributed by atoms with Crippen LogP contribution in [-0.4, -0.2) is 31.8 Å². The molecule has 0 amide bonds. The number of nitrogens with one attached hydrogen (secondary N) is 1. The molecule has 1 atom stereocenters. The van der Waals surface area contributed by atoms with Gasteiger partial charge in [0.05, 0.1) is 34.3 Å². The first-order valence-corrected chi connectivity index (χ1v) is 7.32. The van der Waals surface area contributed by atoms with Crippen molar-refractivity contribution in [3.63, 3.8) is 0 Å². The van der Waals surface area contributed by atoms with Crippen LogP contribution < -0.4 is 5.32 Å². The van der Waals surface area contributed by atoms with Crippen LogP contribution in [0.3, 0.4) is 0 Å². The van der Waals surface area contributed by atoms with Crippen LogP contribution >= 0.6 is 15.9 Å². The van der Waals surface area contributed by atoms with Gasteiger partial charge in [0.1, 0.15) is 5.69 Å². The topological polar surface area (TPSA) is 60.6 Å². The van der Waals surface area contributed by atoms with E-state index in [1.807, 2.05) is 49.1 Å². The molecule has 0 spiro atoms. The molecule has 108 valence electrons. The monoisotopic (exact) mass is 346 g/mol. The van der Waals surface area contributed by atoms with E-state index in [-0.39, 0.29) is 6.04 Å². The Morgan fingerprint density at radius 3 is 2.52 bits per heavy atom. The van der Waals surface area contributed by atoms with Gasteiger partial charge < -0.3 is 5.32 Å². The molecule has 0 aliphatic carbocycles. The first-order chi connectivity index (χ1) is 10.2. The Morgan fingerprint density at radius 1 is 1.14 bits per heavy atom. The molecule has 21 heavy (non-hydrogen) atoms. The average Bonchev–Trinajstić information content (AvgIpc) is 3.11. The molecule has 0 fully saturated rings. The number of aryl methyl sites for hydroxylation is 1. The minimum atomic E-state index is -0.0793. The van der Waals surface area contributed by atoms with Gasteiger partial charge >= 0.3 is 0 Å². The summed E-state index contributed by atoms with van der Waals surface area (Å²) in [5.74, 6) is 0. The Bertz CT molecular complexity index is 714. The van der Waals surface area contributed by atoms with E-state index in [1.165, 1.54) is 0 Å². The van der Waals surface area contributed by atoms with Crippen LogP contribution in [0, 0.1) is 0 Å². The van der Waals surface area contributed by atoms with Gasteiger partial charge in [0, 0.05) is 7.05 Å². The zero-order chi connectivity index (χ0) is 14.8. The zero-order valence-corrected chi connectivity index (χ0v) is 13.3. The van der Waals surface area contributed by atoms with Crippen molar-refractivity contribution in [3.8, 4) is 5.69 Å². The number of para-hydroxylation sites is 1. The first-order valence-electron chi connectivity index (χ1n) is 6.53. The van der Waals surface area contributed by atoms with Gasteiger partial charge in [0.25, 0.3) is 0 Å². The first kappa shape index (κ1) is 14.0. The van der Waals surface area contributed by atoms with Crippen molar-refractivity contribution in [1.82, 2.24) is 30.1 Å². The van der Waals surface area contributed by atoms with Gasteiger partial charge in [-0.2, -0.15) is 20.1 Å². The third-order valence-corrected chi connectivity index (χ3v) is 3.90. The SMILES string of the molecule is CNC(c1cnn(-c2ccccc2)n1)c1c(Br)cnn1C. The van der Waals surface area contributed by atoms with Crippen LogP contribution in [0.25, 0.3) is 5.69 Å².